The Morgan fingerprint density at radius 3 is 2.20 bits per heavy atom. The minimum absolute atomic E-state index is 0.00542. The number of hydrogen-bond donors (Lipinski definition) is 0. The first-order valence-corrected chi connectivity index (χ1v) is 11.1. The standard InChI is InChI=1S/C24H25N3O2S/c28-22(13-7-10-19-8-3-1-4-9-19)26-14-16-27(17-15-26)24(29)21-18-25-23(30-21)20-11-5-2-6-12-20/h1-6,8-9,11-12,18H,7,10,13-17H2. The summed E-state index contributed by atoms with van der Waals surface area (Å²) in [5.41, 5.74) is 2.28. The molecule has 0 saturated carbocycles. The van der Waals surface area contributed by atoms with Crippen molar-refractivity contribution in [3.8, 4) is 10.6 Å². The van der Waals surface area contributed by atoms with Crippen molar-refractivity contribution in [3.63, 3.8) is 0 Å². The minimum Gasteiger partial charge on any atom is -0.339 e. The van der Waals surface area contributed by atoms with Crippen molar-refractivity contribution >= 4 is 23.2 Å². The van der Waals surface area contributed by atoms with Crippen LogP contribution in [-0.2, 0) is 11.2 Å². The van der Waals surface area contributed by atoms with E-state index < -0.39 is 0 Å². The summed E-state index contributed by atoms with van der Waals surface area (Å²) in [6, 6.07) is 20.1. The predicted octanol–water partition coefficient (Wildman–Crippen LogP) is 4.12. The second-order valence-electron chi connectivity index (χ2n) is 7.41. The molecule has 1 saturated heterocycles. The van der Waals surface area contributed by atoms with E-state index in [0.717, 1.165) is 23.4 Å². The van der Waals surface area contributed by atoms with E-state index in [1.165, 1.54) is 16.9 Å². The van der Waals surface area contributed by atoms with Gasteiger partial charge in [-0.25, -0.2) is 4.98 Å². The van der Waals surface area contributed by atoms with Gasteiger partial charge in [-0.1, -0.05) is 60.7 Å². The summed E-state index contributed by atoms with van der Waals surface area (Å²) in [4.78, 5) is 34.1. The molecule has 154 valence electrons. The molecule has 0 atom stereocenters. The van der Waals surface area contributed by atoms with Crippen molar-refractivity contribution in [2.24, 2.45) is 0 Å². The molecule has 1 aromatic heterocycles. The lowest BCUT2D eigenvalue weighted by Gasteiger charge is -2.34. The molecule has 0 spiro atoms. The average molecular weight is 420 g/mol. The molecule has 0 radical (unpaired) electrons. The summed E-state index contributed by atoms with van der Waals surface area (Å²) in [7, 11) is 0. The van der Waals surface area contributed by atoms with Crippen LogP contribution in [0.2, 0.25) is 0 Å². The van der Waals surface area contributed by atoms with Gasteiger partial charge in [-0.05, 0) is 18.4 Å². The fourth-order valence-corrected chi connectivity index (χ4v) is 4.54. The third-order valence-corrected chi connectivity index (χ3v) is 6.39. The molecule has 2 amide bonds. The van der Waals surface area contributed by atoms with E-state index in [-0.39, 0.29) is 11.8 Å². The lowest BCUT2D eigenvalue weighted by Crippen LogP contribution is -2.50. The van der Waals surface area contributed by atoms with Crippen molar-refractivity contribution in [1.29, 1.82) is 0 Å². The predicted molar refractivity (Wildman–Crippen MR) is 119 cm³/mol. The third-order valence-electron chi connectivity index (χ3n) is 5.36. The molecule has 0 N–H and O–H groups in total. The van der Waals surface area contributed by atoms with Gasteiger partial charge in [0.2, 0.25) is 5.91 Å². The van der Waals surface area contributed by atoms with Crippen LogP contribution < -0.4 is 0 Å². The van der Waals surface area contributed by atoms with Crippen molar-refractivity contribution < 1.29 is 9.59 Å². The highest BCUT2D eigenvalue weighted by Crippen LogP contribution is 2.26. The van der Waals surface area contributed by atoms with Gasteiger partial charge in [0.05, 0.1) is 6.20 Å². The number of nitrogens with zero attached hydrogens (tertiary/aromatic N) is 3. The molecule has 3 aromatic rings. The van der Waals surface area contributed by atoms with E-state index in [1.807, 2.05) is 58.3 Å². The second-order valence-corrected chi connectivity index (χ2v) is 8.44. The maximum atomic E-state index is 12.8. The number of amides is 2. The van der Waals surface area contributed by atoms with E-state index >= 15 is 0 Å². The quantitative estimate of drug-likeness (QED) is 0.604. The molecular formula is C24H25N3O2S. The number of rotatable bonds is 6. The third kappa shape index (κ3) is 4.94. The number of hydrogen-bond acceptors (Lipinski definition) is 4. The lowest BCUT2D eigenvalue weighted by molar-refractivity contribution is -0.132. The molecule has 30 heavy (non-hydrogen) atoms. The molecule has 4 rings (SSSR count). The Bertz CT molecular complexity index is 980. The zero-order chi connectivity index (χ0) is 20.8. The summed E-state index contributed by atoms with van der Waals surface area (Å²) in [6.07, 6.45) is 3.99. The number of piperazine rings is 1. The second kappa shape index (κ2) is 9.67. The zero-order valence-corrected chi connectivity index (χ0v) is 17.7. The summed E-state index contributed by atoms with van der Waals surface area (Å²) >= 11 is 1.42. The highest BCUT2D eigenvalue weighted by atomic mass is 32.1. The van der Waals surface area contributed by atoms with Gasteiger partial charge in [0.15, 0.2) is 0 Å². The minimum atomic E-state index is 0.00542. The molecular weight excluding hydrogens is 394 g/mol. The van der Waals surface area contributed by atoms with Gasteiger partial charge in [0.25, 0.3) is 5.91 Å². The van der Waals surface area contributed by atoms with Crippen LogP contribution in [0.3, 0.4) is 0 Å². The van der Waals surface area contributed by atoms with Crippen LogP contribution in [0, 0.1) is 0 Å². The topological polar surface area (TPSA) is 53.5 Å². The zero-order valence-electron chi connectivity index (χ0n) is 16.9. The Morgan fingerprint density at radius 1 is 0.867 bits per heavy atom. The molecule has 2 heterocycles. The molecule has 1 fully saturated rings. The number of carbonyl (C=O) groups excluding carboxylic acids is 2. The first-order chi connectivity index (χ1) is 14.7. The number of thiazole rings is 1. The van der Waals surface area contributed by atoms with Crippen LogP contribution in [0.4, 0.5) is 0 Å². The monoisotopic (exact) mass is 419 g/mol. The normalized spacial score (nSPS) is 14.0. The summed E-state index contributed by atoms with van der Waals surface area (Å²) in [6.45, 7) is 2.34. The lowest BCUT2D eigenvalue weighted by atomic mass is 10.1. The van der Waals surface area contributed by atoms with Crippen LogP contribution in [0.15, 0.2) is 66.9 Å². The Morgan fingerprint density at radius 2 is 1.50 bits per heavy atom. The van der Waals surface area contributed by atoms with Gasteiger partial charge in [-0.15, -0.1) is 11.3 Å². The summed E-state index contributed by atoms with van der Waals surface area (Å²) in [5, 5.41) is 0.853. The first-order valence-electron chi connectivity index (χ1n) is 10.3. The van der Waals surface area contributed by atoms with Crippen molar-refractivity contribution in [2.45, 2.75) is 19.3 Å². The number of aryl methyl sites for hydroxylation is 1. The van der Waals surface area contributed by atoms with Crippen LogP contribution in [0.1, 0.15) is 28.1 Å². The molecule has 5 nitrogen and oxygen atoms in total. The van der Waals surface area contributed by atoms with Gasteiger partial charge in [0.1, 0.15) is 9.88 Å². The molecule has 0 aliphatic carbocycles. The molecule has 2 aromatic carbocycles. The first kappa shape index (κ1) is 20.3. The van der Waals surface area contributed by atoms with Gasteiger partial charge >= 0.3 is 0 Å². The van der Waals surface area contributed by atoms with E-state index in [9.17, 15) is 9.59 Å². The number of carbonyl (C=O) groups is 2. The Hall–Kier alpha value is -2.99. The van der Waals surface area contributed by atoms with Gasteiger partial charge in [0, 0.05) is 38.2 Å². The van der Waals surface area contributed by atoms with Crippen molar-refractivity contribution in [3.05, 3.63) is 77.3 Å². The Balaban J connectivity index is 1.25. The van der Waals surface area contributed by atoms with E-state index in [1.54, 1.807) is 6.20 Å². The molecule has 0 bridgehead atoms. The van der Waals surface area contributed by atoms with Crippen LogP contribution in [0.25, 0.3) is 10.6 Å². The van der Waals surface area contributed by atoms with Crippen LogP contribution >= 0.6 is 11.3 Å². The van der Waals surface area contributed by atoms with Crippen molar-refractivity contribution in [2.75, 3.05) is 26.2 Å². The van der Waals surface area contributed by atoms with Gasteiger partial charge < -0.3 is 9.80 Å². The van der Waals surface area contributed by atoms with E-state index in [2.05, 4.69) is 17.1 Å². The highest BCUT2D eigenvalue weighted by Gasteiger charge is 2.25. The molecule has 1 aliphatic heterocycles. The fourth-order valence-electron chi connectivity index (χ4n) is 3.65. The van der Waals surface area contributed by atoms with E-state index in [0.29, 0.717) is 37.5 Å². The summed E-state index contributed by atoms with van der Waals surface area (Å²) < 4.78 is 0. The van der Waals surface area contributed by atoms with Crippen LogP contribution in [0.5, 0.6) is 0 Å². The largest absolute Gasteiger partial charge is 0.339 e. The molecule has 1 aliphatic rings. The number of benzene rings is 2. The Kier molecular flexibility index (Phi) is 6.54. The van der Waals surface area contributed by atoms with Crippen molar-refractivity contribution in [1.82, 2.24) is 14.8 Å². The average Bonchev–Trinajstić information content (AvgIpc) is 3.30. The van der Waals surface area contributed by atoms with E-state index in [4.69, 9.17) is 0 Å². The Labute approximate surface area is 181 Å². The van der Waals surface area contributed by atoms with Crippen LogP contribution in [-0.4, -0.2) is 52.8 Å². The molecule has 6 heteroatoms. The number of aromatic nitrogens is 1. The smallest absolute Gasteiger partial charge is 0.265 e. The SMILES string of the molecule is O=C(CCCc1ccccc1)N1CCN(C(=O)c2cnc(-c3ccccc3)s2)CC1. The molecule has 0 unspecified atom stereocenters. The maximum Gasteiger partial charge on any atom is 0.265 e. The highest BCUT2D eigenvalue weighted by molar-refractivity contribution is 7.16. The van der Waals surface area contributed by atoms with Gasteiger partial charge in [-0.2, -0.15) is 0 Å². The maximum absolute atomic E-state index is 12.8. The summed E-state index contributed by atoms with van der Waals surface area (Å²) in [5.74, 6) is 0.188. The van der Waals surface area contributed by atoms with Gasteiger partial charge in [-0.3, -0.25) is 9.59 Å². The fraction of sp³-hybridized carbons (Fsp3) is 0.292.